The van der Waals surface area contributed by atoms with Gasteiger partial charge in [0.05, 0.1) is 25.1 Å². The van der Waals surface area contributed by atoms with Crippen molar-refractivity contribution in [3.63, 3.8) is 0 Å². The van der Waals surface area contributed by atoms with Crippen LogP contribution in [-0.4, -0.2) is 41.1 Å². The molecule has 0 saturated carbocycles. The summed E-state index contributed by atoms with van der Waals surface area (Å²) in [7, 11) is 1.30. The van der Waals surface area contributed by atoms with Crippen LogP contribution in [0.5, 0.6) is 11.6 Å². The zero-order valence-electron chi connectivity index (χ0n) is 13.9. The molecule has 3 heterocycles. The summed E-state index contributed by atoms with van der Waals surface area (Å²) >= 11 is 5.92. The maximum Gasteiger partial charge on any atom is 0.338 e. The third kappa shape index (κ3) is 4.57. The molecule has 1 aliphatic rings. The topological polar surface area (TPSA) is 77.4 Å². The molecule has 0 aliphatic carbocycles. The van der Waals surface area contributed by atoms with Gasteiger partial charge in [0.15, 0.2) is 5.75 Å². The van der Waals surface area contributed by atoms with E-state index in [0.717, 1.165) is 25.9 Å². The van der Waals surface area contributed by atoms with Gasteiger partial charge in [0, 0.05) is 19.2 Å². The molecule has 1 aliphatic heterocycles. The highest BCUT2D eigenvalue weighted by Crippen LogP contribution is 2.23. The average Bonchev–Trinajstić information content (AvgIpc) is 2.90. The summed E-state index contributed by atoms with van der Waals surface area (Å²) in [4.78, 5) is 26.6. The number of pyridine rings is 1. The smallest absolute Gasteiger partial charge is 0.338 e. The summed E-state index contributed by atoms with van der Waals surface area (Å²) in [6.07, 6.45) is 8.00. The zero-order chi connectivity index (χ0) is 17.6. The van der Waals surface area contributed by atoms with E-state index >= 15 is 0 Å². The molecule has 0 atom stereocenters. The fourth-order valence-corrected chi connectivity index (χ4v) is 2.88. The van der Waals surface area contributed by atoms with Crippen molar-refractivity contribution >= 4 is 23.5 Å². The molecule has 25 heavy (non-hydrogen) atoms. The predicted molar refractivity (Wildman–Crippen MR) is 93.4 cm³/mol. The van der Waals surface area contributed by atoms with E-state index in [-0.39, 0.29) is 16.6 Å². The van der Waals surface area contributed by atoms with E-state index < -0.39 is 5.97 Å². The molecular weight excluding hydrogens is 344 g/mol. The highest BCUT2D eigenvalue weighted by atomic mass is 35.5. The molecule has 7 nitrogen and oxygen atoms in total. The summed E-state index contributed by atoms with van der Waals surface area (Å²) < 4.78 is 10.3. The molecule has 0 unspecified atom stereocenters. The quantitative estimate of drug-likeness (QED) is 0.608. The molecule has 2 aromatic rings. The zero-order valence-corrected chi connectivity index (χ0v) is 14.7. The second-order valence-corrected chi connectivity index (χ2v) is 6.12. The predicted octanol–water partition coefficient (Wildman–Crippen LogP) is 3.48. The number of aromatic nitrogens is 3. The molecule has 0 aromatic carbocycles. The molecule has 1 saturated heterocycles. The van der Waals surface area contributed by atoms with Crippen LogP contribution in [-0.2, 0) is 4.74 Å². The van der Waals surface area contributed by atoms with Crippen LogP contribution in [0.25, 0.3) is 0 Å². The minimum Gasteiger partial charge on any atom is -0.465 e. The first-order valence-electron chi connectivity index (χ1n) is 8.16. The minimum absolute atomic E-state index is 0.139. The Hall–Kier alpha value is -2.41. The molecule has 8 heteroatoms. The van der Waals surface area contributed by atoms with Gasteiger partial charge in [0.1, 0.15) is 5.15 Å². The lowest BCUT2D eigenvalue weighted by atomic mass is 10.2. The van der Waals surface area contributed by atoms with Crippen LogP contribution in [0.2, 0.25) is 5.15 Å². The van der Waals surface area contributed by atoms with Crippen molar-refractivity contribution in [3.05, 3.63) is 35.2 Å². The van der Waals surface area contributed by atoms with E-state index in [1.54, 1.807) is 12.4 Å². The van der Waals surface area contributed by atoms with Crippen LogP contribution in [0, 0.1) is 0 Å². The fraction of sp³-hybridized carbons (Fsp3) is 0.412. The largest absolute Gasteiger partial charge is 0.465 e. The summed E-state index contributed by atoms with van der Waals surface area (Å²) in [6.45, 7) is 1.94. The van der Waals surface area contributed by atoms with Gasteiger partial charge in [-0.05, 0) is 18.9 Å². The van der Waals surface area contributed by atoms with Crippen LogP contribution >= 0.6 is 11.6 Å². The number of methoxy groups -OCH3 is 1. The standard InChI is InChI=1S/C17H19ClN4O3/c1-24-16(23)12-8-14(18)21-15(9-12)25-13-10-19-17(20-11-13)22-6-4-2-3-5-7-22/h8-11H,2-7H2,1H3. The molecule has 0 spiro atoms. The normalized spacial score (nSPS) is 14.7. The lowest BCUT2D eigenvalue weighted by Crippen LogP contribution is -2.25. The van der Waals surface area contributed by atoms with E-state index in [1.165, 1.54) is 32.1 Å². The summed E-state index contributed by atoms with van der Waals surface area (Å²) in [5.41, 5.74) is 0.264. The number of rotatable bonds is 4. The van der Waals surface area contributed by atoms with Crippen molar-refractivity contribution < 1.29 is 14.3 Å². The number of ether oxygens (including phenoxy) is 2. The van der Waals surface area contributed by atoms with Gasteiger partial charge in [-0.1, -0.05) is 24.4 Å². The average molecular weight is 363 g/mol. The van der Waals surface area contributed by atoms with Gasteiger partial charge < -0.3 is 14.4 Å². The Morgan fingerprint density at radius 3 is 2.44 bits per heavy atom. The van der Waals surface area contributed by atoms with Crippen LogP contribution in [0.15, 0.2) is 24.5 Å². The third-order valence-electron chi connectivity index (χ3n) is 3.92. The fourth-order valence-electron chi connectivity index (χ4n) is 2.68. The SMILES string of the molecule is COC(=O)c1cc(Cl)nc(Oc2cnc(N3CCCCCC3)nc2)c1. The first-order valence-corrected chi connectivity index (χ1v) is 8.54. The van der Waals surface area contributed by atoms with Crippen molar-refractivity contribution in [2.24, 2.45) is 0 Å². The summed E-state index contributed by atoms with van der Waals surface area (Å²) in [5, 5.41) is 0.139. The second-order valence-electron chi connectivity index (χ2n) is 5.73. The van der Waals surface area contributed by atoms with E-state index in [9.17, 15) is 4.79 Å². The lowest BCUT2D eigenvalue weighted by Gasteiger charge is -2.19. The van der Waals surface area contributed by atoms with Crippen molar-refractivity contribution in [3.8, 4) is 11.6 Å². The Labute approximate surface area is 151 Å². The molecule has 1 fully saturated rings. The van der Waals surface area contributed by atoms with E-state index in [2.05, 4.69) is 24.6 Å². The van der Waals surface area contributed by atoms with E-state index in [4.69, 9.17) is 16.3 Å². The summed E-state index contributed by atoms with van der Waals surface area (Å²) in [5.74, 6) is 0.786. The Morgan fingerprint density at radius 1 is 1.12 bits per heavy atom. The summed E-state index contributed by atoms with van der Waals surface area (Å²) in [6, 6.07) is 2.87. The molecule has 132 valence electrons. The Balaban J connectivity index is 1.73. The maximum atomic E-state index is 11.6. The Kier molecular flexibility index (Phi) is 5.65. The minimum atomic E-state index is -0.512. The number of hydrogen-bond donors (Lipinski definition) is 0. The van der Waals surface area contributed by atoms with E-state index in [0.29, 0.717) is 11.7 Å². The van der Waals surface area contributed by atoms with Crippen molar-refractivity contribution in [2.45, 2.75) is 25.7 Å². The maximum absolute atomic E-state index is 11.6. The molecule has 0 N–H and O–H groups in total. The van der Waals surface area contributed by atoms with Crippen LogP contribution in [0.4, 0.5) is 5.95 Å². The lowest BCUT2D eigenvalue weighted by molar-refractivity contribution is 0.0600. The van der Waals surface area contributed by atoms with Gasteiger partial charge >= 0.3 is 5.97 Å². The first-order chi connectivity index (χ1) is 12.2. The number of anilines is 1. The van der Waals surface area contributed by atoms with Crippen molar-refractivity contribution in [1.82, 2.24) is 15.0 Å². The Bertz CT molecular complexity index is 731. The number of nitrogens with zero attached hydrogens (tertiary/aromatic N) is 4. The second kappa shape index (κ2) is 8.11. The van der Waals surface area contributed by atoms with Gasteiger partial charge in [0.2, 0.25) is 11.8 Å². The first kappa shape index (κ1) is 17.4. The molecule has 0 radical (unpaired) electrons. The molecule has 0 bridgehead atoms. The molecular formula is C17H19ClN4O3. The number of hydrogen-bond acceptors (Lipinski definition) is 7. The molecule has 3 rings (SSSR count). The van der Waals surface area contributed by atoms with Crippen molar-refractivity contribution in [2.75, 3.05) is 25.1 Å². The highest BCUT2D eigenvalue weighted by molar-refractivity contribution is 6.29. The van der Waals surface area contributed by atoms with Gasteiger partial charge in [0.25, 0.3) is 0 Å². The van der Waals surface area contributed by atoms with Gasteiger partial charge in [-0.3, -0.25) is 0 Å². The molecule has 0 amide bonds. The number of halogens is 1. The number of carbonyl (C=O) groups excluding carboxylic acids is 1. The van der Waals surface area contributed by atoms with Crippen LogP contribution in [0.3, 0.4) is 0 Å². The number of esters is 1. The van der Waals surface area contributed by atoms with Gasteiger partial charge in [-0.25, -0.2) is 19.7 Å². The van der Waals surface area contributed by atoms with Gasteiger partial charge in [-0.15, -0.1) is 0 Å². The van der Waals surface area contributed by atoms with Crippen LogP contribution < -0.4 is 9.64 Å². The third-order valence-corrected chi connectivity index (χ3v) is 4.11. The van der Waals surface area contributed by atoms with Crippen LogP contribution in [0.1, 0.15) is 36.0 Å². The number of carbonyl (C=O) groups is 1. The van der Waals surface area contributed by atoms with Gasteiger partial charge in [-0.2, -0.15) is 0 Å². The monoisotopic (exact) mass is 362 g/mol. The molecule has 2 aromatic heterocycles. The van der Waals surface area contributed by atoms with Crippen molar-refractivity contribution in [1.29, 1.82) is 0 Å². The Morgan fingerprint density at radius 2 is 1.80 bits per heavy atom. The highest BCUT2D eigenvalue weighted by Gasteiger charge is 2.14. The van der Waals surface area contributed by atoms with E-state index in [1.807, 2.05) is 0 Å².